The lowest BCUT2D eigenvalue weighted by atomic mass is 10.1. The second kappa shape index (κ2) is 7.49. The van der Waals surface area contributed by atoms with Gasteiger partial charge in [-0.3, -0.25) is 4.79 Å². The highest BCUT2D eigenvalue weighted by atomic mass is 19.2. The summed E-state index contributed by atoms with van der Waals surface area (Å²) in [5, 5.41) is 5.57. The van der Waals surface area contributed by atoms with Crippen LogP contribution in [0.2, 0.25) is 0 Å². The Labute approximate surface area is 154 Å². The molecule has 0 fully saturated rings. The average molecular weight is 371 g/mol. The first-order valence-electron chi connectivity index (χ1n) is 8.10. The van der Waals surface area contributed by atoms with Crippen molar-refractivity contribution in [2.75, 3.05) is 10.6 Å². The summed E-state index contributed by atoms with van der Waals surface area (Å²) in [5.74, 6) is -4.92. The van der Waals surface area contributed by atoms with Gasteiger partial charge in [0.15, 0.2) is 17.5 Å². The van der Waals surface area contributed by atoms with Crippen molar-refractivity contribution in [1.29, 1.82) is 0 Å². The number of hydrogen-bond donors (Lipinski definition) is 2. The number of carbonyl (C=O) groups excluding carboxylic acids is 1. The summed E-state index contributed by atoms with van der Waals surface area (Å²) in [7, 11) is 0. The number of rotatable bonds is 4. The van der Waals surface area contributed by atoms with Crippen molar-refractivity contribution in [3.05, 3.63) is 82.8 Å². The number of carbonyl (C=O) groups is 1. The molecule has 3 aromatic rings. The van der Waals surface area contributed by atoms with E-state index in [0.717, 1.165) is 22.9 Å². The van der Waals surface area contributed by atoms with E-state index < -0.39 is 28.9 Å². The predicted octanol–water partition coefficient (Wildman–Crippen LogP) is 5.11. The summed E-state index contributed by atoms with van der Waals surface area (Å²) < 4.78 is 39.9. The van der Waals surface area contributed by atoms with Crippen LogP contribution in [-0.4, -0.2) is 10.9 Å². The van der Waals surface area contributed by atoms with E-state index in [2.05, 4.69) is 15.6 Å². The summed E-state index contributed by atoms with van der Waals surface area (Å²) in [5.41, 5.74) is 2.75. The maximum atomic E-state index is 13.7. The number of aryl methyl sites for hydroxylation is 2. The molecule has 0 radical (unpaired) electrons. The molecule has 0 saturated carbocycles. The first-order chi connectivity index (χ1) is 12.8. The molecule has 0 atom stereocenters. The van der Waals surface area contributed by atoms with E-state index in [0.29, 0.717) is 11.9 Å². The molecule has 0 saturated heterocycles. The van der Waals surface area contributed by atoms with E-state index in [4.69, 9.17) is 0 Å². The minimum absolute atomic E-state index is 0.288. The molecule has 0 spiro atoms. The van der Waals surface area contributed by atoms with Gasteiger partial charge in [-0.05, 0) is 55.3 Å². The van der Waals surface area contributed by atoms with Crippen LogP contribution in [0.4, 0.5) is 30.4 Å². The predicted molar refractivity (Wildman–Crippen MR) is 97.7 cm³/mol. The SMILES string of the molecule is Cc1ccc(C)c(Nc2ccc(NC(=O)c3ccc(F)c(F)c3F)cn2)c1. The fraction of sp³-hybridized carbons (Fsp3) is 0.100. The lowest BCUT2D eigenvalue weighted by molar-refractivity contribution is 0.102. The molecule has 138 valence electrons. The van der Waals surface area contributed by atoms with Gasteiger partial charge in [0, 0.05) is 5.69 Å². The molecule has 1 heterocycles. The van der Waals surface area contributed by atoms with Crippen LogP contribution in [0.3, 0.4) is 0 Å². The third-order valence-corrected chi connectivity index (χ3v) is 3.96. The maximum Gasteiger partial charge on any atom is 0.258 e. The normalized spacial score (nSPS) is 10.6. The molecule has 1 amide bonds. The third kappa shape index (κ3) is 4.08. The van der Waals surface area contributed by atoms with E-state index >= 15 is 0 Å². The van der Waals surface area contributed by atoms with Crippen molar-refractivity contribution in [1.82, 2.24) is 4.98 Å². The Bertz CT molecular complexity index is 1000. The molecular weight excluding hydrogens is 355 g/mol. The van der Waals surface area contributed by atoms with Gasteiger partial charge in [-0.25, -0.2) is 18.2 Å². The van der Waals surface area contributed by atoms with E-state index in [9.17, 15) is 18.0 Å². The second-order valence-electron chi connectivity index (χ2n) is 6.05. The lowest BCUT2D eigenvalue weighted by Crippen LogP contribution is -2.15. The van der Waals surface area contributed by atoms with Gasteiger partial charge in [-0.1, -0.05) is 12.1 Å². The number of amides is 1. The molecule has 0 bridgehead atoms. The molecule has 0 aliphatic rings. The Morgan fingerprint density at radius 3 is 2.44 bits per heavy atom. The van der Waals surface area contributed by atoms with E-state index in [-0.39, 0.29) is 5.69 Å². The van der Waals surface area contributed by atoms with Gasteiger partial charge in [0.25, 0.3) is 5.91 Å². The monoisotopic (exact) mass is 371 g/mol. The molecule has 1 aromatic heterocycles. The standard InChI is InChI=1S/C20H16F3N3O/c1-11-3-4-12(2)16(9-11)26-17-8-5-13(10-24-17)25-20(27)14-6-7-15(21)19(23)18(14)22/h3-10H,1-2H3,(H,24,26)(H,25,27). The molecule has 0 aliphatic heterocycles. The van der Waals surface area contributed by atoms with Gasteiger partial charge in [0.1, 0.15) is 5.82 Å². The first-order valence-corrected chi connectivity index (χ1v) is 8.10. The van der Waals surface area contributed by atoms with Gasteiger partial charge >= 0.3 is 0 Å². The quantitative estimate of drug-likeness (QED) is 0.627. The Kier molecular flexibility index (Phi) is 5.12. The largest absolute Gasteiger partial charge is 0.340 e. The molecule has 7 heteroatoms. The Hall–Kier alpha value is -3.35. The van der Waals surface area contributed by atoms with Crippen LogP contribution in [0, 0.1) is 31.3 Å². The van der Waals surface area contributed by atoms with Gasteiger partial charge in [0.05, 0.1) is 17.4 Å². The summed E-state index contributed by atoms with van der Waals surface area (Å²) in [6, 6.07) is 10.8. The zero-order chi connectivity index (χ0) is 19.6. The Morgan fingerprint density at radius 1 is 0.963 bits per heavy atom. The average Bonchev–Trinajstić information content (AvgIpc) is 2.64. The van der Waals surface area contributed by atoms with Crippen LogP contribution in [0.1, 0.15) is 21.5 Å². The van der Waals surface area contributed by atoms with Crippen molar-refractivity contribution in [3.8, 4) is 0 Å². The topological polar surface area (TPSA) is 54.0 Å². The fourth-order valence-electron chi connectivity index (χ4n) is 2.45. The van der Waals surface area contributed by atoms with Crippen molar-refractivity contribution in [2.45, 2.75) is 13.8 Å². The van der Waals surface area contributed by atoms with E-state index in [1.165, 1.54) is 6.20 Å². The zero-order valence-corrected chi connectivity index (χ0v) is 14.6. The maximum absolute atomic E-state index is 13.7. The summed E-state index contributed by atoms with van der Waals surface area (Å²) in [6.45, 7) is 3.95. The molecule has 2 N–H and O–H groups in total. The number of aromatic nitrogens is 1. The Balaban J connectivity index is 1.73. The van der Waals surface area contributed by atoms with Gasteiger partial charge in [-0.15, -0.1) is 0 Å². The molecule has 0 aliphatic carbocycles. The van der Waals surface area contributed by atoms with Crippen LogP contribution in [0.25, 0.3) is 0 Å². The van der Waals surface area contributed by atoms with Crippen LogP contribution < -0.4 is 10.6 Å². The highest BCUT2D eigenvalue weighted by molar-refractivity contribution is 6.04. The smallest absolute Gasteiger partial charge is 0.258 e. The number of nitrogens with zero attached hydrogens (tertiary/aromatic N) is 1. The summed E-state index contributed by atoms with van der Waals surface area (Å²) in [4.78, 5) is 16.3. The molecule has 3 rings (SSSR count). The molecule has 0 unspecified atom stereocenters. The third-order valence-electron chi connectivity index (χ3n) is 3.96. The highest BCUT2D eigenvalue weighted by Gasteiger charge is 2.18. The first kappa shape index (κ1) is 18.4. The molecule has 2 aromatic carbocycles. The molecule has 27 heavy (non-hydrogen) atoms. The van der Waals surface area contributed by atoms with Crippen molar-refractivity contribution >= 4 is 23.1 Å². The number of hydrogen-bond acceptors (Lipinski definition) is 3. The van der Waals surface area contributed by atoms with E-state index in [1.807, 2.05) is 32.0 Å². The number of benzene rings is 2. The molecular formula is C20H16F3N3O. The van der Waals surface area contributed by atoms with Crippen LogP contribution >= 0.6 is 0 Å². The number of pyridine rings is 1. The lowest BCUT2D eigenvalue weighted by Gasteiger charge is -2.11. The van der Waals surface area contributed by atoms with Crippen molar-refractivity contribution in [3.63, 3.8) is 0 Å². The molecule has 4 nitrogen and oxygen atoms in total. The number of halogens is 3. The number of nitrogens with one attached hydrogen (secondary N) is 2. The van der Waals surface area contributed by atoms with Crippen LogP contribution in [-0.2, 0) is 0 Å². The minimum atomic E-state index is -1.69. The van der Waals surface area contributed by atoms with Gasteiger partial charge in [-0.2, -0.15) is 0 Å². The van der Waals surface area contributed by atoms with Gasteiger partial charge < -0.3 is 10.6 Å². The highest BCUT2D eigenvalue weighted by Crippen LogP contribution is 2.22. The van der Waals surface area contributed by atoms with Crippen LogP contribution in [0.15, 0.2) is 48.7 Å². The fourth-order valence-corrected chi connectivity index (χ4v) is 2.45. The Morgan fingerprint density at radius 2 is 1.74 bits per heavy atom. The van der Waals surface area contributed by atoms with Gasteiger partial charge in [0.2, 0.25) is 0 Å². The summed E-state index contributed by atoms with van der Waals surface area (Å²) in [6.07, 6.45) is 1.38. The van der Waals surface area contributed by atoms with E-state index in [1.54, 1.807) is 12.1 Å². The minimum Gasteiger partial charge on any atom is -0.340 e. The number of anilines is 3. The van der Waals surface area contributed by atoms with Crippen molar-refractivity contribution < 1.29 is 18.0 Å². The second-order valence-corrected chi connectivity index (χ2v) is 6.05. The zero-order valence-electron chi connectivity index (χ0n) is 14.6. The van der Waals surface area contributed by atoms with Crippen molar-refractivity contribution in [2.24, 2.45) is 0 Å². The summed E-state index contributed by atoms with van der Waals surface area (Å²) >= 11 is 0. The van der Waals surface area contributed by atoms with Crippen LogP contribution in [0.5, 0.6) is 0 Å².